The summed E-state index contributed by atoms with van der Waals surface area (Å²) in [5.41, 5.74) is 10.9. The van der Waals surface area contributed by atoms with Gasteiger partial charge in [0.1, 0.15) is 11.3 Å². The second-order valence-corrected chi connectivity index (χ2v) is 4.40. The van der Waals surface area contributed by atoms with Crippen molar-refractivity contribution in [3.05, 3.63) is 42.2 Å². The van der Waals surface area contributed by atoms with E-state index in [0.717, 1.165) is 33.7 Å². The van der Waals surface area contributed by atoms with Crippen LogP contribution in [0.15, 0.2) is 36.7 Å². The average Bonchev–Trinajstić information content (AvgIpc) is 2.68. The first-order valence-corrected chi connectivity index (χ1v) is 5.80. The standard InChI is InChI=1S/C14H14N4/c1-9-4-3-5-10(15)13(9)14-17-11-8-16-7-6-12(11)18(14)2/h3-8H,15H2,1-2H3. The maximum absolute atomic E-state index is 6.08. The van der Waals surface area contributed by atoms with Crippen LogP contribution >= 0.6 is 0 Å². The zero-order chi connectivity index (χ0) is 12.7. The molecule has 18 heavy (non-hydrogen) atoms. The number of nitrogen functional groups attached to an aromatic ring is 1. The molecule has 90 valence electrons. The molecule has 0 saturated carbocycles. The van der Waals surface area contributed by atoms with Gasteiger partial charge in [0.15, 0.2) is 0 Å². The Bertz CT molecular complexity index is 707. The van der Waals surface area contributed by atoms with Crippen LogP contribution in [0.2, 0.25) is 0 Å². The molecule has 0 atom stereocenters. The molecule has 0 aliphatic heterocycles. The lowest BCUT2D eigenvalue weighted by Gasteiger charge is -2.09. The van der Waals surface area contributed by atoms with Crippen molar-refractivity contribution in [3.63, 3.8) is 0 Å². The topological polar surface area (TPSA) is 56.7 Å². The van der Waals surface area contributed by atoms with Gasteiger partial charge in [0.2, 0.25) is 0 Å². The molecule has 0 amide bonds. The van der Waals surface area contributed by atoms with Crippen molar-refractivity contribution >= 4 is 16.7 Å². The number of nitrogens with two attached hydrogens (primary N) is 1. The molecule has 0 aliphatic carbocycles. The zero-order valence-corrected chi connectivity index (χ0v) is 10.4. The van der Waals surface area contributed by atoms with E-state index in [1.165, 1.54) is 0 Å². The first-order valence-electron chi connectivity index (χ1n) is 5.80. The molecule has 2 aromatic heterocycles. The van der Waals surface area contributed by atoms with E-state index in [0.29, 0.717) is 0 Å². The predicted octanol–water partition coefficient (Wildman–Crippen LogP) is 2.53. The van der Waals surface area contributed by atoms with Crippen LogP contribution in [0.3, 0.4) is 0 Å². The number of imidazole rings is 1. The third kappa shape index (κ3) is 1.46. The van der Waals surface area contributed by atoms with Gasteiger partial charge in [0.25, 0.3) is 0 Å². The van der Waals surface area contributed by atoms with Crippen LogP contribution in [-0.4, -0.2) is 14.5 Å². The van der Waals surface area contributed by atoms with Gasteiger partial charge in [-0.3, -0.25) is 4.98 Å². The minimum absolute atomic E-state index is 0.751. The normalized spacial score (nSPS) is 11.0. The number of nitrogens with zero attached hydrogens (tertiary/aromatic N) is 3. The molecule has 0 unspecified atom stereocenters. The Balaban J connectivity index is 2.36. The van der Waals surface area contributed by atoms with Gasteiger partial charge in [-0.25, -0.2) is 4.98 Å². The summed E-state index contributed by atoms with van der Waals surface area (Å²) in [6.07, 6.45) is 3.54. The highest BCUT2D eigenvalue weighted by atomic mass is 15.1. The van der Waals surface area contributed by atoms with Crippen LogP contribution in [0.1, 0.15) is 5.56 Å². The Hall–Kier alpha value is -2.36. The first kappa shape index (κ1) is 10.8. The van der Waals surface area contributed by atoms with E-state index in [9.17, 15) is 0 Å². The van der Waals surface area contributed by atoms with Crippen LogP contribution < -0.4 is 5.73 Å². The smallest absolute Gasteiger partial charge is 0.143 e. The van der Waals surface area contributed by atoms with E-state index in [4.69, 9.17) is 5.73 Å². The summed E-state index contributed by atoms with van der Waals surface area (Å²) in [5, 5.41) is 0. The second-order valence-electron chi connectivity index (χ2n) is 4.40. The Morgan fingerprint density at radius 3 is 2.78 bits per heavy atom. The lowest BCUT2D eigenvalue weighted by molar-refractivity contribution is 0.957. The maximum atomic E-state index is 6.08. The lowest BCUT2D eigenvalue weighted by atomic mass is 10.1. The van der Waals surface area contributed by atoms with Gasteiger partial charge in [-0.05, 0) is 24.6 Å². The number of aryl methyl sites for hydroxylation is 2. The molecule has 2 N–H and O–H groups in total. The summed E-state index contributed by atoms with van der Waals surface area (Å²) in [4.78, 5) is 8.72. The molecular formula is C14H14N4. The summed E-state index contributed by atoms with van der Waals surface area (Å²) in [5.74, 6) is 0.883. The highest BCUT2D eigenvalue weighted by molar-refractivity contribution is 5.84. The third-order valence-electron chi connectivity index (χ3n) is 3.21. The molecule has 0 bridgehead atoms. The number of aromatic nitrogens is 3. The Labute approximate surface area is 105 Å². The summed E-state index contributed by atoms with van der Waals surface area (Å²) >= 11 is 0. The molecule has 1 aromatic carbocycles. The van der Waals surface area contributed by atoms with Crippen LogP contribution in [0.4, 0.5) is 5.69 Å². The van der Waals surface area contributed by atoms with Crippen LogP contribution in [-0.2, 0) is 7.05 Å². The SMILES string of the molecule is Cc1cccc(N)c1-c1nc2cnccc2n1C. The van der Waals surface area contributed by atoms with Crippen LogP contribution in [0.25, 0.3) is 22.4 Å². The van der Waals surface area contributed by atoms with Gasteiger partial charge in [-0.2, -0.15) is 0 Å². The molecular weight excluding hydrogens is 224 g/mol. The Kier molecular flexibility index (Phi) is 2.30. The molecule has 3 rings (SSSR count). The number of pyridine rings is 1. The van der Waals surface area contributed by atoms with Gasteiger partial charge < -0.3 is 10.3 Å². The fourth-order valence-corrected chi connectivity index (χ4v) is 2.27. The van der Waals surface area contributed by atoms with Gasteiger partial charge in [-0.1, -0.05) is 12.1 Å². The molecule has 0 radical (unpaired) electrons. The molecule has 3 aromatic rings. The van der Waals surface area contributed by atoms with Crippen molar-refractivity contribution in [3.8, 4) is 11.4 Å². The lowest BCUT2D eigenvalue weighted by Crippen LogP contribution is -1.98. The van der Waals surface area contributed by atoms with Gasteiger partial charge >= 0.3 is 0 Å². The number of benzene rings is 1. The highest BCUT2D eigenvalue weighted by Crippen LogP contribution is 2.30. The molecule has 0 spiro atoms. The number of anilines is 1. The molecule has 0 saturated heterocycles. The average molecular weight is 238 g/mol. The van der Waals surface area contributed by atoms with Crippen LogP contribution in [0.5, 0.6) is 0 Å². The maximum Gasteiger partial charge on any atom is 0.143 e. The first-order chi connectivity index (χ1) is 8.68. The van der Waals surface area contributed by atoms with Crippen molar-refractivity contribution in [2.75, 3.05) is 5.73 Å². The summed E-state index contributed by atoms with van der Waals surface area (Å²) < 4.78 is 2.05. The van der Waals surface area contributed by atoms with Crippen molar-refractivity contribution in [1.82, 2.24) is 14.5 Å². The van der Waals surface area contributed by atoms with Gasteiger partial charge in [0, 0.05) is 24.5 Å². The summed E-state index contributed by atoms with van der Waals surface area (Å²) in [7, 11) is 2.00. The molecule has 0 fully saturated rings. The Morgan fingerprint density at radius 2 is 2.06 bits per heavy atom. The van der Waals surface area contributed by atoms with E-state index in [-0.39, 0.29) is 0 Å². The fourth-order valence-electron chi connectivity index (χ4n) is 2.27. The quantitative estimate of drug-likeness (QED) is 0.663. The monoisotopic (exact) mass is 238 g/mol. The second kappa shape index (κ2) is 3.84. The third-order valence-corrected chi connectivity index (χ3v) is 3.21. The summed E-state index contributed by atoms with van der Waals surface area (Å²) in [6.45, 7) is 2.04. The zero-order valence-electron chi connectivity index (χ0n) is 10.4. The number of rotatable bonds is 1. The molecule has 4 nitrogen and oxygen atoms in total. The highest BCUT2D eigenvalue weighted by Gasteiger charge is 2.13. The Morgan fingerprint density at radius 1 is 1.22 bits per heavy atom. The molecule has 2 heterocycles. The van der Waals surface area contributed by atoms with E-state index >= 15 is 0 Å². The number of hydrogen-bond acceptors (Lipinski definition) is 3. The predicted molar refractivity (Wildman–Crippen MR) is 73.1 cm³/mol. The number of hydrogen-bond donors (Lipinski definition) is 1. The fraction of sp³-hybridized carbons (Fsp3) is 0.143. The van der Waals surface area contributed by atoms with E-state index in [1.807, 2.05) is 38.2 Å². The minimum Gasteiger partial charge on any atom is -0.398 e. The molecule has 4 heteroatoms. The van der Waals surface area contributed by atoms with Crippen molar-refractivity contribution in [2.45, 2.75) is 6.92 Å². The summed E-state index contributed by atoms with van der Waals surface area (Å²) in [6, 6.07) is 7.86. The van der Waals surface area contributed by atoms with Crippen LogP contribution in [0, 0.1) is 6.92 Å². The van der Waals surface area contributed by atoms with E-state index in [1.54, 1.807) is 12.4 Å². The van der Waals surface area contributed by atoms with E-state index < -0.39 is 0 Å². The minimum atomic E-state index is 0.751. The van der Waals surface area contributed by atoms with Crippen molar-refractivity contribution < 1.29 is 0 Å². The van der Waals surface area contributed by atoms with Gasteiger partial charge in [-0.15, -0.1) is 0 Å². The van der Waals surface area contributed by atoms with E-state index in [2.05, 4.69) is 14.5 Å². The number of fused-ring (bicyclic) bond motifs is 1. The van der Waals surface area contributed by atoms with Crippen molar-refractivity contribution in [2.24, 2.45) is 7.05 Å². The molecule has 0 aliphatic rings. The van der Waals surface area contributed by atoms with Gasteiger partial charge in [0.05, 0.1) is 11.7 Å². The largest absolute Gasteiger partial charge is 0.398 e. The van der Waals surface area contributed by atoms with Crippen molar-refractivity contribution in [1.29, 1.82) is 0 Å².